The smallest absolute Gasteiger partial charge is 0.0233 e. The molecule has 2 nitrogen and oxygen atoms in total. The van der Waals surface area contributed by atoms with Gasteiger partial charge in [-0.3, -0.25) is 4.90 Å². The summed E-state index contributed by atoms with van der Waals surface area (Å²) in [6, 6.07) is 9.15. The summed E-state index contributed by atoms with van der Waals surface area (Å²) >= 11 is 0. The lowest BCUT2D eigenvalue weighted by molar-refractivity contribution is 0.221. The molecule has 0 amide bonds. The van der Waals surface area contributed by atoms with E-state index in [4.69, 9.17) is 5.73 Å². The highest BCUT2D eigenvalue weighted by atomic mass is 15.1. The Morgan fingerprint density at radius 3 is 2.59 bits per heavy atom. The Bertz CT molecular complexity index is 341. The van der Waals surface area contributed by atoms with Gasteiger partial charge in [-0.1, -0.05) is 30.7 Å². The number of nitrogens with zero attached hydrogens (tertiary/aromatic N) is 1. The Balaban J connectivity index is 1.95. The van der Waals surface area contributed by atoms with Gasteiger partial charge in [0.2, 0.25) is 0 Å². The zero-order valence-electron chi connectivity index (χ0n) is 10.9. The van der Waals surface area contributed by atoms with E-state index in [1.807, 2.05) is 0 Å². The van der Waals surface area contributed by atoms with Crippen LogP contribution in [0.1, 0.15) is 37.3 Å². The lowest BCUT2D eigenvalue weighted by Crippen LogP contribution is -2.29. The van der Waals surface area contributed by atoms with Crippen LogP contribution in [0.15, 0.2) is 24.3 Å². The van der Waals surface area contributed by atoms with Crippen LogP contribution in [-0.4, -0.2) is 24.0 Å². The minimum atomic E-state index is 0.250. The monoisotopic (exact) mass is 232 g/mol. The molecule has 2 heteroatoms. The molecule has 1 unspecified atom stereocenters. The van der Waals surface area contributed by atoms with Gasteiger partial charge in [-0.25, -0.2) is 0 Å². The molecule has 2 N–H and O–H groups in total. The lowest BCUT2D eigenvalue weighted by atomic mass is 10.0. The van der Waals surface area contributed by atoms with Crippen molar-refractivity contribution in [3.05, 3.63) is 35.4 Å². The first-order chi connectivity index (χ1) is 8.24. The van der Waals surface area contributed by atoms with E-state index >= 15 is 0 Å². The maximum atomic E-state index is 5.85. The average molecular weight is 232 g/mol. The molecule has 1 aromatic carbocycles. The molecule has 1 fully saturated rings. The number of likely N-dealkylation sites (tertiary alicyclic amines) is 1. The first-order valence-electron chi connectivity index (χ1n) is 6.80. The van der Waals surface area contributed by atoms with Gasteiger partial charge in [-0.15, -0.1) is 0 Å². The van der Waals surface area contributed by atoms with Gasteiger partial charge in [0.05, 0.1) is 0 Å². The topological polar surface area (TPSA) is 29.3 Å². The van der Waals surface area contributed by atoms with Crippen molar-refractivity contribution >= 4 is 0 Å². The molecule has 0 spiro atoms. The number of benzene rings is 1. The lowest BCUT2D eigenvalue weighted by Gasteiger charge is -2.26. The van der Waals surface area contributed by atoms with E-state index < -0.39 is 0 Å². The summed E-state index contributed by atoms with van der Waals surface area (Å²) in [5.41, 5.74) is 8.65. The number of hydrogen-bond donors (Lipinski definition) is 1. The van der Waals surface area contributed by atoms with Crippen molar-refractivity contribution in [3.63, 3.8) is 0 Å². The van der Waals surface area contributed by atoms with Crippen LogP contribution in [0.2, 0.25) is 0 Å². The van der Waals surface area contributed by atoms with Crippen molar-refractivity contribution in [2.75, 3.05) is 13.1 Å². The Kier molecular flexibility index (Phi) is 4.57. The normalized spacial score (nSPS) is 19.2. The Hall–Kier alpha value is -0.860. The molecule has 1 saturated heterocycles. The highest BCUT2D eigenvalue weighted by Gasteiger charge is 2.10. The van der Waals surface area contributed by atoms with E-state index in [9.17, 15) is 0 Å². The number of piperidine rings is 1. The van der Waals surface area contributed by atoms with Crippen LogP contribution in [0.4, 0.5) is 0 Å². The fourth-order valence-electron chi connectivity index (χ4n) is 2.60. The minimum absolute atomic E-state index is 0.250. The molecular weight excluding hydrogens is 208 g/mol. The Morgan fingerprint density at radius 1 is 1.18 bits per heavy atom. The van der Waals surface area contributed by atoms with E-state index in [1.54, 1.807) is 0 Å². The molecular formula is C15H24N2. The van der Waals surface area contributed by atoms with Crippen LogP contribution in [-0.2, 0) is 13.0 Å². The van der Waals surface area contributed by atoms with Crippen molar-refractivity contribution in [2.45, 2.75) is 45.2 Å². The third kappa shape index (κ3) is 4.14. The highest BCUT2D eigenvalue weighted by Crippen LogP contribution is 2.14. The molecule has 1 aromatic rings. The Morgan fingerprint density at radius 2 is 1.88 bits per heavy atom. The van der Waals surface area contributed by atoms with E-state index in [1.165, 1.54) is 43.5 Å². The second kappa shape index (κ2) is 6.18. The van der Waals surface area contributed by atoms with Crippen LogP contribution in [0.5, 0.6) is 0 Å². The summed E-state index contributed by atoms with van der Waals surface area (Å²) < 4.78 is 0. The summed E-state index contributed by atoms with van der Waals surface area (Å²) in [7, 11) is 0. The van der Waals surface area contributed by atoms with Gasteiger partial charge in [-0.05, 0) is 50.4 Å². The number of nitrogens with two attached hydrogens (primary N) is 1. The quantitative estimate of drug-likeness (QED) is 0.864. The SMILES string of the molecule is CC(N)Cc1cccc(CN2CCCCC2)c1. The zero-order chi connectivity index (χ0) is 12.1. The van der Waals surface area contributed by atoms with E-state index in [-0.39, 0.29) is 6.04 Å². The predicted molar refractivity (Wildman–Crippen MR) is 72.9 cm³/mol. The second-order valence-corrected chi connectivity index (χ2v) is 5.34. The summed E-state index contributed by atoms with van der Waals surface area (Å²) in [6.45, 7) is 5.69. The molecule has 0 aliphatic carbocycles. The molecule has 0 aromatic heterocycles. The predicted octanol–water partition coefficient (Wildman–Crippen LogP) is 2.56. The van der Waals surface area contributed by atoms with E-state index in [0.29, 0.717) is 0 Å². The standard InChI is InChI=1S/C15H24N2/c1-13(16)10-14-6-5-7-15(11-14)12-17-8-3-2-4-9-17/h5-7,11,13H,2-4,8-10,12,16H2,1H3. The maximum absolute atomic E-state index is 5.85. The van der Waals surface area contributed by atoms with Crippen LogP contribution in [0.25, 0.3) is 0 Å². The molecule has 1 atom stereocenters. The summed E-state index contributed by atoms with van der Waals surface area (Å²) in [6.07, 6.45) is 5.11. The molecule has 1 aliphatic rings. The molecule has 2 rings (SSSR count). The molecule has 0 bridgehead atoms. The third-order valence-electron chi connectivity index (χ3n) is 3.40. The summed E-state index contributed by atoms with van der Waals surface area (Å²) in [5.74, 6) is 0. The fraction of sp³-hybridized carbons (Fsp3) is 0.600. The van der Waals surface area contributed by atoms with Crippen LogP contribution >= 0.6 is 0 Å². The molecule has 94 valence electrons. The third-order valence-corrected chi connectivity index (χ3v) is 3.40. The van der Waals surface area contributed by atoms with Crippen molar-refractivity contribution in [1.82, 2.24) is 4.90 Å². The van der Waals surface area contributed by atoms with E-state index in [0.717, 1.165) is 13.0 Å². The maximum Gasteiger partial charge on any atom is 0.0233 e. The first-order valence-corrected chi connectivity index (χ1v) is 6.80. The molecule has 1 aliphatic heterocycles. The summed E-state index contributed by atoms with van der Waals surface area (Å²) in [4.78, 5) is 2.56. The minimum Gasteiger partial charge on any atom is -0.328 e. The van der Waals surface area contributed by atoms with Gasteiger partial charge in [0.25, 0.3) is 0 Å². The molecule has 17 heavy (non-hydrogen) atoms. The van der Waals surface area contributed by atoms with Crippen LogP contribution in [0.3, 0.4) is 0 Å². The van der Waals surface area contributed by atoms with Gasteiger partial charge in [0.1, 0.15) is 0 Å². The van der Waals surface area contributed by atoms with Crippen molar-refractivity contribution < 1.29 is 0 Å². The van der Waals surface area contributed by atoms with E-state index in [2.05, 4.69) is 36.1 Å². The molecule has 0 saturated carbocycles. The van der Waals surface area contributed by atoms with Gasteiger partial charge in [0, 0.05) is 12.6 Å². The number of rotatable bonds is 4. The average Bonchev–Trinajstić information content (AvgIpc) is 2.30. The van der Waals surface area contributed by atoms with Crippen LogP contribution in [0, 0.1) is 0 Å². The van der Waals surface area contributed by atoms with Gasteiger partial charge in [0.15, 0.2) is 0 Å². The Labute approximate surface area is 105 Å². The van der Waals surface area contributed by atoms with Crippen molar-refractivity contribution in [2.24, 2.45) is 5.73 Å². The van der Waals surface area contributed by atoms with Crippen molar-refractivity contribution in [3.8, 4) is 0 Å². The van der Waals surface area contributed by atoms with Gasteiger partial charge in [-0.2, -0.15) is 0 Å². The fourth-order valence-corrected chi connectivity index (χ4v) is 2.60. The largest absolute Gasteiger partial charge is 0.328 e. The molecule has 1 heterocycles. The van der Waals surface area contributed by atoms with Crippen LogP contribution < -0.4 is 5.73 Å². The van der Waals surface area contributed by atoms with Crippen molar-refractivity contribution in [1.29, 1.82) is 0 Å². The second-order valence-electron chi connectivity index (χ2n) is 5.34. The summed E-state index contributed by atoms with van der Waals surface area (Å²) in [5, 5.41) is 0. The highest BCUT2D eigenvalue weighted by molar-refractivity contribution is 5.24. The van der Waals surface area contributed by atoms with Gasteiger partial charge >= 0.3 is 0 Å². The number of hydrogen-bond acceptors (Lipinski definition) is 2. The zero-order valence-corrected chi connectivity index (χ0v) is 10.9. The van der Waals surface area contributed by atoms with Gasteiger partial charge < -0.3 is 5.73 Å². The first kappa shape index (κ1) is 12.6. The molecule has 0 radical (unpaired) electrons.